The standard InChI is InChI=1S/C16H13NO3/c18-16(15-9-5-11-20-15)17(12-14-8-4-10-19-14)13-6-2-1-3-7-13/h1-11H,12H2. The highest BCUT2D eigenvalue weighted by Crippen LogP contribution is 2.20. The van der Waals surface area contributed by atoms with Crippen LogP contribution in [-0.4, -0.2) is 5.91 Å². The minimum atomic E-state index is -0.197. The predicted octanol–water partition coefficient (Wildman–Crippen LogP) is 3.72. The maximum Gasteiger partial charge on any atom is 0.294 e. The van der Waals surface area contributed by atoms with E-state index in [1.807, 2.05) is 36.4 Å². The van der Waals surface area contributed by atoms with Gasteiger partial charge in [-0.1, -0.05) is 18.2 Å². The molecule has 0 unspecified atom stereocenters. The lowest BCUT2D eigenvalue weighted by atomic mass is 10.2. The summed E-state index contributed by atoms with van der Waals surface area (Å²) in [6, 6.07) is 16.4. The molecule has 0 aliphatic rings. The number of furan rings is 2. The van der Waals surface area contributed by atoms with Crippen LogP contribution in [0, 0.1) is 0 Å². The molecule has 4 heteroatoms. The van der Waals surface area contributed by atoms with Gasteiger partial charge in [-0.25, -0.2) is 0 Å². The molecule has 3 rings (SSSR count). The van der Waals surface area contributed by atoms with Crippen molar-refractivity contribution < 1.29 is 13.6 Å². The van der Waals surface area contributed by atoms with E-state index in [1.165, 1.54) is 6.26 Å². The maximum atomic E-state index is 12.5. The van der Waals surface area contributed by atoms with Crippen molar-refractivity contribution >= 4 is 11.6 Å². The largest absolute Gasteiger partial charge is 0.467 e. The third-order valence-corrected chi connectivity index (χ3v) is 2.94. The Kier molecular flexibility index (Phi) is 3.37. The SMILES string of the molecule is O=C(c1ccco1)N(Cc1ccco1)c1ccccc1. The van der Waals surface area contributed by atoms with Gasteiger partial charge in [-0.15, -0.1) is 0 Å². The molecule has 1 amide bonds. The Morgan fingerprint density at radius 1 is 0.900 bits per heavy atom. The quantitative estimate of drug-likeness (QED) is 0.723. The third-order valence-electron chi connectivity index (χ3n) is 2.94. The van der Waals surface area contributed by atoms with E-state index >= 15 is 0 Å². The molecule has 0 bridgehead atoms. The topological polar surface area (TPSA) is 46.6 Å². The van der Waals surface area contributed by atoms with E-state index in [0.717, 1.165) is 5.69 Å². The summed E-state index contributed by atoms with van der Waals surface area (Å²) in [6.07, 6.45) is 3.08. The average Bonchev–Trinajstić information content (AvgIpc) is 3.18. The first-order valence-corrected chi connectivity index (χ1v) is 6.27. The summed E-state index contributed by atoms with van der Waals surface area (Å²) in [5.74, 6) is 0.826. The van der Waals surface area contributed by atoms with E-state index < -0.39 is 0 Å². The van der Waals surface area contributed by atoms with Gasteiger partial charge in [0.1, 0.15) is 5.76 Å². The summed E-state index contributed by atoms with van der Waals surface area (Å²) in [5.41, 5.74) is 0.797. The highest BCUT2D eigenvalue weighted by molar-refractivity contribution is 6.04. The Bertz CT molecular complexity index is 657. The molecule has 2 heterocycles. The Morgan fingerprint density at radius 2 is 1.65 bits per heavy atom. The van der Waals surface area contributed by atoms with Gasteiger partial charge in [-0.05, 0) is 36.4 Å². The molecular formula is C16H13NO3. The molecule has 20 heavy (non-hydrogen) atoms. The lowest BCUT2D eigenvalue weighted by molar-refractivity contribution is 0.0956. The molecule has 1 aromatic carbocycles. The van der Waals surface area contributed by atoms with E-state index in [-0.39, 0.29) is 5.91 Å². The van der Waals surface area contributed by atoms with Crippen LogP contribution in [0.15, 0.2) is 76.0 Å². The summed E-state index contributed by atoms with van der Waals surface area (Å²) in [5, 5.41) is 0. The van der Waals surface area contributed by atoms with E-state index in [0.29, 0.717) is 18.1 Å². The fraction of sp³-hybridized carbons (Fsp3) is 0.0625. The van der Waals surface area contributed by atoms with Crippen molar-refractivity contribution in [3.05, 3.63) is 78.6 Å². The molecule has 0 aliphatic carbocycles. The van der Waals surface area contributed by atoms with Crippen molar-refractivity contribution in [2.24, 2.45) is 0 Å². The van der Waals surface area contributed by atoms with Gasteiger partial charge >= 0.3 is 0 Å². The maximum absolute atomic E-state index is 12.5. The molecular weight excluding hydrogens is 254 g/mol. The zero-order valence-corrected chi connectivity index (χ0v) is 10.7. The molecule has 100 valence electrons. The number of amides is 1. The van der Waals surface area contributed by atoms with Crippen LogP contribution in [0.25, 0.3) is 0 Å². The van der Waals surface area contributed by atoms with E-state index in [2.05, 4.69) is 0 Å². The fourth-order valence-electron chi connectivity index (χ4n) is 1.98. The Labute approximate surface area is 116 Å². The van der Waals surface area contributed by atoms with Crippen LogP contribution in [-0.2, 0) is 6.54 Å². The van der Waals surface area contributed by atoms with Crippen molar-refractivity contribution in [1.82, 2.24) is 0 Å². The molecule has 2 aromatic heterocycles. The average molecular weight is 267 g/mol. The van der Waals surface area contributed by atoms with Gasteiger partial charge < -0.3 is 8.83 Å². The number of carbonyl (C=O) groups excluding carboxylic acids is 1. The first-order valence-electron chi connectivity index (χ1n) is 6.27. The first kappa shape index (κ1) is 12.3. The van der Waals surface area contributed by atoms with Crippen molar-refractivity contribution in [3.63, 3.8) is 0 Å². The zero-order chi connectivity index (χ0) is 13.8. The van der Waals surface area contributed by atoms with Crippen molar-refractivity contribution in [2.45, 2.75) is 6.54 Å². The lowest BCUT2D eigenvalue weighted by Crippen LogP contribution is -2.29. The third kappa shape index (κ3) is 2.49. The highest BCUT2D eigenvalue weighted by Gasteiger charge is 2.21. The molecule has 0 radical (unpaired) electrons. The molecule has 0 fully saturated rings. The van der Waals surface area contributed by atoms with Crippen molar-refractivity contribution in [2.75, 3.05) is 4.90 Å². The number of benzene rings is 1. The smallest absolute Gasteiger partial charge is 0.294 e. The number of rotatable bonds is 4. The van der Waals surface area contributed by atoms with Crippen LogP contribution in [0.4, 0.5) is 5.69 Å². The number of anilines is 1. The number of carbonyl (C=O) groups is 1. The molecule has 0 saturated carbocycles. The number of para-hydroxylation sites is 1. The zero-order valence-electron chi connectivity index (χ0n) is 10.7. The molecule has 0 spiro atoms. The van der Waals surface area contributed by atoms with Gasteiger partial charge in [0.25, 0.3) is 5.91 Å². The van der Waals surface area contributed by atoms with Crippen LogP contribution < -0.4 is 4.90 Å². The molecule has 0 aliphatic heterocycles. The summed E-state index contributed by atoms with van der Waals surface area (Å²) in [4.78, 5) is 14.1. The monoisotopic (exact) mass is 267 g/mol. The summed E-state index contributed by atoms with van der Waals surface area (Å²) in [6.45, 7) is 0.358. The lowest BCUT2D eigenvalue weighted by Gasteiger charge is -2.20. The second-order valence-electron chi connectivity index (χ2n) is 4.28. The summed E-state index contributed by atoms with van der Waals surface area (Å²) in [7, 11) is 0. The predicted molar refractivity (Wildman–Crippen MR) is 74.4 cm³/mol. The van der Waals surface area contributed by atoms with E-state index in [9.17, 15) is 4.79 Å². The van der Waals surface area contributed by atoms with Gasteiger partial charge in [-0.3, -0.25) is 9.69 Å². The minimum absolute atomic E-state index is 0.197. The van der Waals surface area contributed by atoms with Crippen LogP contribution in [0.1, 0.15) is 16.3 Å². The van der Waals surface area contributed by atoms with E-state index in [4.69, 9.17) is 8.83 Å². The molecule has 0 N–H and O–H groups in total. The fourth-order valence-corrected chi connectivity index (χ4v) is 1.98. The Hall–Kier alpha value is -2.75. The molecule has 0 saturated heterocycles. The van der Waals surface area contributed by atoms with Gasteiger partial charge in [-0.2, -0.15) is 0 Å². The Balaban J connectivity index is 1.93. The number of hydrogen-bond donors (Lipinski definition) is 0. The normalized spacial score (nSPS) is 10.4. The van der Waals surface area contributed by atoms with Crippen LogP contribution in [0.5, 0.6) is 0 Å². The van der Waals surface area contributed by atoms with Crippen LogP contribution >= 0.6 is 0 Å². The van der Waals surface area contributed by atoms with Crippen molar-refractivity contribution in [1.29, 1.82) is 0 Å². The summed E-state index contributed by atoms with van der Waals surface area (Å²) < 4.78 is 10.5. The van der Waals surface area contributed by atoms with Gasteiger partial charge in [0.2, 0.25) is 0 Å². The second-order valence-corrected chi connectivity index (χ2v) is 4.28. The van der Waals surface area contributed by atoms with Gasteiger partial charge in [0, 0.05) is 5.69 Å². The van der Waals surface area contributed by atoms with Crippen LogP contribution in [0.3, 0.4) is 0 Å². The molecule has 0 atom stereocenters. The van der Waals surface area contributed by atoms with Crippen molar-refractivity contribution in [3.8, 4) is 0 Å². The summed E-state index contributed by atoms with van der Waals surface area (Å²) >= 11 is 0. The number of nitrogens with zero attached hydrogens (tertiary/aromatic N) is 1. The minimum Gasteiger partial charge on any atom is -0.467 e. The van der Waals surface area contributed by atoms with Gasteiger partial charge in [0.15, 0.2) is 5.76 Å². The second kappa shape index (κ2) is 5.48. The molecule has 4 nitrogen and oxygen atoms in total. The van der Waals surface area contributed by atoms with Crippen LogP contribution in [0.2, 0.25) is 0 Å². The van der Waals surface area contributed by atoms with E-state index in [1.54, 1.807) is 29.4 Å². The molecule has 3 aromatic rings. The highest BCUT2D eigenvalue weighted by atomic mass is 16.3. The van der Waals surface area contributed by atoms with Gasteiger partial charge in [0.05, 0.1) is 19.1 Å². The number of hydrogen-bond acceptors (Lipinski definition) is 3. The Morgan fingerprint density at radius 3 is 2.30 bits per heavy atom. The first-order chi connectivity index (χ1) is 9.84.